The van der Waals surface area contributed by atoms with Crippen molar-refractivity contribution in [3.63, 3.8) is 0 Å². The standard InChI is InChI=1S/C19H23N3O2S/c1-13-8-11-25-18(13)19(24)21-9-6-14(7-10-21)12-22-17(23)5-4-16(20-22)15-2-3-15/h4-5,8,11,14-15H,2-3,6-7,9-10,12H2,1H3. The van der Waals surface area contributed by atoms with Crippen molar-refractivity contribution in [1.29, 1.82) is 0 Å². The van der Waals surface area contributed by atoms with Crippen LogP contribution in [0.3, 0.4) is 0 Å². The van der Waals surface area contributed by atoms with Gasteiger partial charge in [0.05, 0.1) is 10.6 Å². The first-order chi connectivity index (χ1) is 12.1. The minimum absolute atomic E-state index is 0.0166. The summed E-state index contributed by atoms with van der Waals surface area (Å²) in [6.45, 7) is 4.18. The van der Waals surface area contributed by atoms with E-state index < -0.39 is 0 Å². The Hall–Kier alpha value is -1.95. The number of piperidine rings is 1. The highest BCUT2D eigenvalue weighted by Crippen LogP contribution is 2.38. The lowest BCUT2D eigenvalue weighted by atomic mass is 9.96. The molecule has 1 saturated carbocycles. The average Bonchev–Trinajstić information content (AvgIpc) is 3.38. The van der Waals surface area contributed by atoms with Crippen LogP contribution in [-0.4, -0.2) is 33.7 Å². The number of hydrogen-bond acceptors (Lipinski definition) is 4. The molecule has 0 N–H and O–H groups in total. The third kappa shape index (κ3) is 3.54. The Morgan fingerprint density at radius 3 is 2.60 bits per heavy atom. The molecule has 132 valence electrons. The number of hydrogen-bond donors (Lipinski definition) is 0. The van der Waals surface area contributed by atoms with Crippen LogP contribution in [0.25, 0.3) is 0 Å². The van der Waals surface area contributed by atoms with E-state index in [-0.39, 0.29) is 11.5 Å². The number of carbonyl (C=O) groups is 1. The largest absolute Gasteiger partial charge is 0.338 e. The molecule has 1 saturated heterocycles. The first-order valence-corrected chi connectivity index (χ1v) is 9.91. The topological polar surface area (TPSA) is 55.2 Å². The number of nitrogens with zero attached hydrogens (tertiary/aromatic N) is 3. The molecule has 0 spiro atoms. The first kappa shape index (κ1) is 16.5. The highest BCUT2D eigenvalue weighted by atomic mass is 32.1. The number of likely N-dealkylation sites (tertiary alicyclic amines) is 1. The molecule has 1 amide bonds. The molecule has 0 radical (unpaired) electrons. The summed E-state index contributed by atoms with van der Waals surface area (Å²) in [5.41, 5.74) is 2.10. The minimum atomic E-state index is -0.0166. The van der Waals surface area contributed by atoms with Gasteiger partial charge in [0, 0.05) is 31.6 Å². The average molecular weight is 357 g/mol. The summed E-state index contributed by atoms with van der Waals surface area (Å²) in [5.74, 6) is 1.12. The Kier molecular flexibility index (Phi) is 4.46. The van der Waals surface area contributed by atoms with Crippen LogP contribution in [0.4, 0.5) is 0 Å². The van der Waals surface area contributed by atoms with Gasteiger partial charge in [-0.3, -0.25) is 9.59 Å². The summed E-state index contributed by atoms with van der Waals surface area (Å²) in [6, 6.07) is 5.52. The fraction of sp³-hybridized carbons (Fsp3) is 0.526. The molecule has 2 aromatic rings. The lowest BCUT2D eigenvalue weighted by Crippen LogP contribution is -2.40. The summed E-state index contributed by atoms with van der Waals surface area (Å²) < 4.78 is 1.64. The van der Waals surface area contributed by atoms with Gasteiger partial charge in [-0.15, -0.1) is 11.3 Å². The van der Waals surface area contributed by atoms with Crippen LogP contribution in [0.2, 0.25) is 0 Å². The molecule has 2 fully saturated rings. The van der Waals surface area contributed by atoms with E-state index in [0.717, 1.165) is 42.1 Å². The fourth-order valence-corrected chi connectivity index (χ4v) is 4.38. The van der Waals surface area contributed by atoms with Gasteiger partial charge in [0.15, 0.2) is 0 Å². The number of thiophene rings is 1. The molecule has 1 aliphatic carbocycles. The van der Waals surface area contributed by atoms with E-state index in [4.69, 9.17) is 0 Å². The normalized spacial score (nSPS) is 18.5. The third-order valence-electron chi connectivity index (χ3n) is 5.27. The monoisotopic (exact) mass is 357 g/mol. The molecule has 5 nitrogen and oxygen atoms in total. The van der Waals surface area contributed by atoms with E-state index in [1.165, 1.54) is 24.2 Å². The summed E-state index contributed by atoms with van der Waals surface area (Å²) in [4.78, 5) is 27.5. The minimum Gasteiger partial charge on any atom is -0.338 e. The highest BCUT2D eigenvalue weighted by molar-refractivity contribution is 7.12. The molecule has 4 rings (SSSR count). The molecule has 0 bridgehead atoms. The van der Waals surface area contributed by atoms with Gasteiger partial charge >= 0.3 is 0 Å². The van der Waals surface area contributed by atoms with Crippen molar-refractivity contribution >= 4 is 17.2 Å². The van der Waals surface area contributed by atoms with Crippen LogP contribution >= 0.6 is 11.3 Å². The van der Waals surface area contributed by atoms with Gasteiger partial charge in [-0.1, -0.05) is 0 Å². The molecule has 6 heteroatoms. The second-order valence-corrected chi connectivity index (χ2v) is 8.14. The molecule has 3 heterocycles. The van der Waals surface area contributed by atoms with Crippen LogP contribution in [0.1, 0.15) is 52.5 Å². The lowest BCUT2D eigenvalue weighted by Gasteiger charge is -2.32. The van der Waals surface area contributed by atoms with E-state index in [2.05, 4.69) is 5.10 Å². The second-order valence-electron chi connectivity index (χ2n) is 7.22. The first-order valence-electron chi connectivity index (χ1n) is 9.03. The van der Waals surface area contributed by atoms with Crippen LogP contribution in [0.5, 0.6) is 0 Å². The predicted octanol–water partition coefficient (Wildman–Crippen LogP) is 3.04. The molecule has 0 unspecified atom stereocenters. The van der Waals surface area contributed by atoms with Crippen molar-refractivity contribution in [3.05, 3.63) is 50.1 Å². The Bertz CT molecular complexity index is 829. The highest BCUT2D eigenvalue weighted by Gasteiger charge is 2.27. The summed E-state index contributed by atoms with van der Waals surface area (Å²) in [5, 5.41) is 6.53. The van der Waals surface area contributed by atoms with Crippen LogP contribution in [0, 0.1) is 12.8 Å². The van der Waals surface area contributed by atoms with Crippen molar-refractivity contribution < 1.29 is 4.79 Å². The van der Waals surface area contributed by atoms with Gasteiger partial charge in [-0.2, -0.15) is 5.10 Å². The van der Waals surface area contributed by atoms with Crippen molar-refractivity contribution in [2.75, 3.05) is 13.1 Å². The van der Waals surface area contributed by atoms with Gasteiger partial charge in [-0.05, 0) is 61.6 Å². The maximum absolute atomic E-state index is 12.6. The lowest BCUT2D eigenvalue weighted by molar-refractivity contribution is 0.0684. The maximum atomic E-state index is 12.6. The molecular formula is C19H23N3O2S. The summed E-state index contributed by atoms with van der Waals surface area (Å²) >= 11 is 1.52. The van der Waals surface area contributed by atoms with Crippen molar-refractivity contribution in [2.45, 2.75) is 45.1 Å². The molecule has 0 atom stereocenters. The van der Waals surface area contributed by atoms with Gasteiger partial charge in [-0.25, -0.2) is 4.68 Å². The molecule has 2 aliphatic rings. The zero-order valence-corrected chi connectivity index (χ0v) is 15.3. The van der Waals surface area contributed by atoms with E-state index in [9.17, 15) is 9.59 Å². The Balaban J connectivity index is 1.38. The van der Waals surface area contributed by atoms with Gasteiger partial charge < -0.3 is 4.90 Å². The van der Waals surface area contributed by atoms with Crippen molar-refractivity contribution in [2.24, 2.45) is 5.92 Å². The van der Waals surface area contributed by atoms with Gasteiger partial charge in [0.2, 0.25) is 0 Å². The van der Waals surface area contributed by atoms with E-state index in [0.29, 0.717) is 18.4 Å². The number of rotatable bonds is 4. The molecule has 2 aromatic heterocycles. The zero-order chi connectivity index (χ0) is 17.4. The fourth-order valence-electron chi connectivity index (χ4n) is 3.49. The predicted molar refractivity (Wildman–Crippen MR) is 98.2 cm³/mol. The number of aryl methyl sites for hydroxylation is 1. The van der Waals surface area contributed by atoms with Crippen LogP contribution in [0.15, 0.2) is 28.4 Å². The molecule has 25 heavy (non-hydrogen) atoms. The van der Waals surface area contributed by atoms with Crippen LogP contribution in [-0.2, 0) is 6.54 Å². The number of aromatic nitrogens is 2. The van der Waals surface area contributed by atoms with Crippen LogP contribution < -0.4 is 5.56 Å². The molecular weight excluding hydrogens is 334 g/mol. The second kappa shape index (κ2) is 6.75. The third-order valence-corrected chi connectivity index (χ3v) is 6.28. The maximum Gasteiger partial charge on any atom is 0.266 e. The summed E-state index contributed by atoms with van der Waals surface area (Å²) in [7, 11) is 0. The Morgan fingerprint density at radius 1 is 1.20 bits per heavy atom. The SMILES string of the molecule is Cc1ccsc1C(=O)N1CCC(Cn2nc(C3CC3)ccc2=O)CC1. The molecule has 0 aromatic carbocycles. The number of carbonyl (C=O) groups excluding carboxylic acids is 1. The zero-order valence-electron chi connectivity index (χ0n) is 14.5. The van der Waals surface area contributed by atoms with E-state index in [1.54, 1.807) is 10.7 Å². The van der Waals surface area contributed by atoms with Gasteiger partial charge in [0.1, 0.15) is 0 Å². The van der Waals surface area contributed by atoms with Crippen molar-refractivity contribution in [3.8, 4) is 0 Å². The quantitative estimate of drug-likeness (QED) is 0.845. The Morgan fingerprint density at radius 2 is 1.96 bits per heavy atom. The molecule has 1 aliphatic heterocycles. The van der Waals surface area contributed by atoms with E-state index in [1.807, 2.05) is 29.3 Å². The Labute approximate surface area is 151 Å². The number of amides is 1. The smallest absolute Gasteiger partial charge is 0.266 e. The van der Waals surface area contributed by atoms with Crippen molar-refractivity contribution in [1.82, 2.24) is 14.7 Å². The van der Waals surface area contributed by atoms with Gasteiger partial charge in [0.25, 0.3) is 11.5 Å². The van der Waals surface area contributed by atoms with E-state index >= 15 is 0 Å². The summed E-state index contributed by atoms with van der Waals surface area (Å²) in [6.07, 6.45) is 4.23.